The lowest BCUT2D eigenvalue weighted by Crippen LogP contribution is -2.47. The van der Waals surface area contributed by atoms with Gasteiger partial charge in [0.05, 0.1) is 8.07 Å². The minimum atomic E-state index is -1.13. The molecule has 0 nitrogen and oxygen atoms in total. The van der Waals surface area contributed by atoms with Crippen molar-refractivity contribution in [3.05, 3.63) is 28.7 Å². The van der Waals surface area contributed by atoms with Gasteiger partial charge in [-0.1, -0.05) is 84.5 Å². The molecule has 1 saturated heterocycles. The molecule has 1 aromatic rings. The number of benzene rings is 1. The minimum absolute atomic E-state index is 1.02. The maximum absolute atomic E-state index is 3.53. The van der Waals surface area contributed by atoms with Gasteiger partial charge in [0.1, 0.15) is 0 Å². The maximum Gasteiger partial charge on any atom is 0.0837 e. The topological polar surface area (TPSA) is 0 Å². The molecule has 0 spiro atoms. The molecule has 1 aliphatic heterocycles. The van der Waals surface area contributed by atoms with E-state index in [2.05, 4.69) is 53.7 Å². The van der Waals surface area contributed by atoms with Crippen LogP contribution in [0.4, 0.5) is 0 Å². The zero-order chi connectivity index (χ0) is 12.3. The zero-order valence-corrected chi connectivity index (χ0v) is 13.6. The van der Waals surface area contributed by atoms with Crippen LogP contribution in [0.1, 0.15) is 32.6 Å². The van der Waals surface area contributed by atoms with E-state index < -0.39 is 8.07 Å². The molecule has 1 heterocycles. The lowest BCUT2D eigenvalue weighted by Gasteiger charge is -2.36. The van der Waals surface area contributed by atoms with E-state index in [-0.39, 0.29) is 0 Å². The first-order chi connectivity index (χ1) is 8.14. The summed E-state index contributed by atoms with van der Waals surface area (Å²) in [7, 11) is -1.13. The number of rotatable bonds is 3. The van der Waals surface area contributed by atoms with Gasteiger partial charge in [-0.25, -0.2) is 0 Å². The number of hydrogen-bond donors (Lipinski definition) is 0. The van der Waals surface area contributed by atoms with Crippen molar-refractivity contribution in [2.45, 2.75) is 51.2 Å². The average Bonchev–Trinajstić information content (AvgIpc) is 2.33. The van der Waals surface area contributed by atoms with Gasteiger partial charge in [0, 0.05) is 4.47 Å². The molecule has 2 rings (SSSR count). The highest BCUT2D eigenvalue weighted by molar-refractivity contribution is 9.10. The predicted octanol–water partition coefficient (Wildman–Crippen LogP) is 4.94. The fraction of sp³-hybridized carbons (Fsp3) is 0.600. The smallest absolute Gasteiger partial charge is 0.0654 e. The maximum atomic E-state index is 3.53. The summed E-state index contributed by atoms with van der Waals surface area (Å²) in [5.41, 5.74) is 0. The first-order valence-corrected chi connectivity index (χ1v) is 10.6. The predicted molar refractivity (Wildman–Crippen MR) is 82.6 cm³/mol. The van der Waals surface area contributed by atoms with Crippen LogP contribution < -0.4 is 5.19 Å². The van der Waals surface area contributed by atoms with Gasteiger partial charge in [0.2, 0.25) is 0 Å². The van der Waals surface area contributed by atoms with Crippen LogP contribution in [-0.2, 0) is 0 Å². The van der Waals surface area contributed by atoms with Crippen LogP contribution in [0.2, 0.25) is 18.6 Å². The molecule has 0 aliphatic carbocycles. The number of hydrogen-bond acceptors (Lipinski definition) is 0. The van der Waals surface area contributed by atoms with Gasteiger partial charge in [-0.3, -0.25) is 0 Å². The first-order valence-electron chi connectivity index (χ1n) is 6.90. The van der Waals surface area contributed by atoms with Crippen LogP contribution in [-0.4, -0.2) is 8.07 Å². The summed E-state index contributed by atoms with van der Waals surface area (Å²) in [5, 5.41) is 1.66. The molecule has 94 valence electrons. The van der Waals surface area contributed by atoms with Crippen molar-refractivity contribution in [1.29, 1.82) is 0 Å². The Hall–Kier alpha value is -0.0831. The Morgan fingerprint density at radius 2 is 1.76 bits per heavy atom. The number of halogens is 1. The zero-order valence-electron chi connectivity index (χ0n) is 11.0. The molecular formula is C15H23BrSi. The molecule has 0 N–H and O–H groups in total. The lowest BCUT2D eigenvalue weighted by molar-refractivity contribution is 0.431. The molecule has 0 saturated carbocycles. The van der Waals surface area contributed by atoms with Gasteiger partial charge in [-0.05, 0) is 18.1 Å². The highest BCUT2D eigenvalue weighted by Gasteiger charge is 2.34. The Balaban J connectivity index is 2.04. The summed E-state index contributed by atoms with van der Waals surface area (Å²) in [6.45, 7) is 4.90. The van der Waals surface area contributed by atoms with Crippen LogP contribution in [0, 0.1) is 5.92 Å². The Labute approximate surface area is 115 Å². The third-order valence-electron chi connectivity index (χ3n) is 4.45. The summed E-state index contributed by atoms with van der Waals surface area (Å²) in [5.74, 6) is 1.02. The van der Waals surface area contributed by atoms with Crippen LogP contribution >= 0.6 is 15.9 Å². The fourth-order valence-corrected chi connectivity index (χ4v) is 7.31. The van der Waals surface area contributed by atoms with Gasteiger partial charge < -0.3 is 0 Å². The fourth-order valence-electron chi connectivity index (χ4n) is 3.15. The normalized spacial score (nSPS) is 29.2. The lowest BCUT2D eigenvalue weighted by atomic mass is 9.97. The molecule has 1 aliphatic rings. The summed E-state index contributed by atoms with van der Waals surface area (Å²) < 4.78 is 1.21. The third-order valence-corrected chi connectivity index (χ3v) is 9.49. The first kappa shape index (κ1) is 13.4. The Kier molecular flexibility index (Phi) is 4.48. The molecule has 0 bridgehead atoms. The van der Waals surface area contributed by atoms with Crippen molar-refractivity contribution in [3.63, 3.8) is 0 Å². The molecular weight excluding hydrogens is 288 g/mol. The van der Waals surface area contributed by atoms with Gasteiger partial charge in [0.25, 0.3) is 0 Å². The quantitative estimate of drug-likeness (QED) is 0.693. The third kappa shape index (κ3) is 3.23. The van der Waals surface area contributed by atoms with Gasteiger partial charge in [-0.15, -0.1) is 0 Å². The van der Waals surface area contributed by atoms with E-state index >= 15 is 0 Å². The van der Waals surface area contributed by atoms with Crippen molar-refractivity contribution in [2.75, 3.05) is 0 Å². The Morgan fingerprint density at radius 1 is 1.18 bits per heavy atom. The summed E-state index contributed by atoms with van der Waals surface area (Å²) in [6.07, 6.45) is 5.77. The van der Waals surface area contributed by atoms with Crippen molar-refractivity contribution in [3.8, 4) is 0 Å². The van der Waals surface area contributed by atoms with E-state index in [9.17, 15) is 0 Å². The van der Waals surface area contributed by atoms with Gasteiger partial charge >= 0.3 is 0 Å². The van der Waals surface area contributed by atoms with E-state index in [1.54, 1.807) is 5.19 Å². The van der Waals surface area contributed by atoms with Crippen molar-refractivity contribution in [2.24, 2.45) is 5.92 Å². The average molecular weight is 311 g/mol. The van der Waals surface area contributed by atoms with Gasteiger partial charge in [0.15, 0.2) is 0 Å². The van der Waals surface area contributed by atoms with E-state index in [0.717, 1.165) is 5.92 Å². The van der Waals surface area contributed by atoms with Crippen molar-refractivity contribution >= 4 is 29.2 Å². The van der Waals surface area contributed by atoms with E-state index in [4.69, 9.17) is 0 Å². The van der Waals surface area contributed by atoms with E-state index in [0.29, 0.717) is 0 Å². The highest BCUT2D eigenvalue weighted by Crippen LogP contribution is 2.34. The molecule has 1 fully saturated rings. The second kappa shape index (κ2) is 5.70. The standard InChI is InChI=1S/C15H23BrSi/c1-3-4-13-9-11-17(2,12-10-13)15-7-5-14(16)6-8-15/h5-8,13H,3-4,9-12H2,1-2H3. The van der Waals surface area contributed by atoms with Crippen LogP contribution in [0.5, 0.6) is 0 Å². The highest BCUT2D eigenvalue weighted by atomic mass is 79.9. The minimum Gasteiger partial charge on any atom is -0.0654 e. The van der Waals surface area contributed by atoms with Crippen LogP contribution in [0.15, 0.2) is 28.7 Å². The molecule has 0 amide bonds. The molecule has 0 atom stereocenters. The van der Waals surface area contributed by atoms with Crippen LogP contribution in [0.3, 0.4) is 0 Å². The SMILES string of the molecule is CCCC1CC[Si](C)(c2ccc(Br)cc2)CC1. The largest absolute Gasteiger partial charge is 0.0837 e. The molecule has 2 heteroatoms. The summed E-state index contributed by atoms with van der Waals surface area (Å²) in [6, 6.07) is 12.1. The van der Waals surface area contributed by atoms with Crippen LogP contribution in [0.25, 0.3) is 0 Å². The molecule has 17 heavy (non-hydrogen) atoms. The second-order valence-corrected chi connectivity index (χ2v) is 11.4. The molecule has 0 unspecified atom stereocenters. The Morgan fingerprint density at radius 3 is 2.29 bits per heavy atom. The summed E-state index contributed by atoms with van der Waals surface area (Å²) in [4.78, 5) is 0. The van der Waals surface area contributed by atoms with Crippen molar-refractivity contribution < 1.29 is 0 Å². The molecule has 1 aromatic carbocycles. The van der Waals surface area contributed by atoms with Gasteiger partial charge in [-0.2, -0.15) is 0 Å². The molecule has 0 aromatic heterocycles. The second-order valence-electron chi connectivity index (χ2n) is 5.80. The van der Waals surface area contributed by atoms with Crippen molar-refractivity contribution in [1.82, 2.24) is 0 Å². The monoisotopic (exact) mass is 310 g/mol. The summed E-state index contributed by atoms with van der Waals surface area (Å²) >= 11 is 3.53. The molecule has 0 radical (unpaired) electrons. The Bertz CT molecular complexity index is 350. The van der Waals surface area contributed by atoms with E-state index in [1.807, 2.05) is 0 Å². The van der Waals surface area contributed by atoms with E-state index in [1.165, 1.54) is 42.2 Å².